The van der Waals surface area contributed by atoms with Crippen LogP contribution < -0.4 is 4.80 Å². The van der Waals surface area contributed by atoms with E-state index >= 15 is 0 Å². The molecule has 0 bridgehead atoms. The van der Waals surface area contributed by atoms with Gasteiger partial charge in [0.2, 0.25) is 10.0 Å². The molecular weight excluding hydrogens is 494 g/mol. The number of hydrogen-bond acceptors (Lipinski definition) is 5. The van der Waals surface area contributed by atoms with Crippen LogP contribution in [-0.2, 0) is 21.3 Å². The lowest BCUT2D eigenvalue weighted by atomic mass is 10.2. The summed E-state index contributed by atoms with van der Waals surface area (Å²) in [7, 11) is -3.75. The van der Waals surface area contributed by atoms with Crippen LogP contribution in [0.3, 0.4) is 0 Å². The van der Waals surface area contributed by atoms with Crippen molar-refractivity contribution in [1.82, 2.24) is 8.87 Å². The van der Waals surface area contributed by atoms with Crippen LogP contribution in [0.5, 0.6) is 0 Å². The number of ether oxygens (including phenoxy) is 1. The Balaban J connectivity index is 1.94. The molecule has 0 spiro atoms. The maximum Gasteiger partial charge on any atom is 0.279 e. The molecule has 0 aliphatic carbocycles. The van der Waals surface area contributed by atoms with E-state index in [1.807, 2.05) is 23.6 Å². The summed E-state index contributed by atoms with van der Waals surface area (Å²) in [5.41, 5.74) is 1.19. The fraction of sp³-hybridized carbons (Fsp3) is 0.250. The molecule has 0 aliphatic heterocycles. The normalized spacial score (nSPS) is 12.4. The highest BCUT2D eigenvalue weighted by molar-refractivity contribution is 7.89. The summed E-state index contributed by atoms with van der Waals surface area (Å²) in [4.78, 5) is 17.8. The fourth-order valence-corrected chi connectivity index (χ4v) is 5.99. The van der Waals surface area contributed by atoms with E-state index in [9.17, 15) is 13.2 Å². The lowest BCUT2D eigenvalue weighted by molar-refractivity contribution is 0.0996. The van der Waals surface area contributed by atoms with E-state index in [2.05, 4.69) is 18.2 Å². The van der Waals surface area contributed by atoms with Crippen LogP contribution in [0.15, 0.2) is 77.7 Å². The molecule has 34 heavy (non-hydrogen) atoms. The van der Waals surface area contributed by atoms with Crippen molar-refractivity contribution in [1.29, 1.82) is 0 Å². The molecule has 1 heterocycles. The maximum absolute atomic E-state index is 12.9. The van der Waals surface area contributed by atoms with E-state index in [0.717, 1.165) is 10.2 Å². The molecule has 3 aromatic rings. The Morgan fingerprint density at radius 3 is 2.47 bits per heavy atom. The number of aromatic nitrogens is 1. The van der Waals surface area contributed by atoms with Gasteiger partial charge in [0.05, 0.1) is 21.7 Å². The number of rotatable bonds is 11. The molecule has 2 aromatic carbocycles. The monoisotopic (exact) mass is 519 g/mol. The number of carbonyl (C=O) groups is 1. The summed E-state index contributed by atoms with van der Waals surface area (Å²) in [6.07, 6.45) is 3.02. The average molecular weight is 520 g/mol. The predicted octanol–water partition coefficient (Wildman–Crippen LogP) is 4.50. The summed E-state index contributed by atoms with van der Waals surface area (Å²) in [5.74, 6) is -0.471. The van der Waals surface area contributed by atoms with Crippen LogP contribution in [0.1, 0.15) is 17.3 Å². The summed E-state index contributed by atoms with van der Waals surface area (Å²) in [6, 6.07) is 11.3. The highest BCUT2D eigenvalue weighted by Gasteiger charge is 2.22. The molecule has 0 fully saturated rings. The molecule has 1 aromatic heterocycles. The van der Waals surface area contributed by atoms with E-state index in [4.69, 9.17) is 16.3 Å². The van der Waals surface area contributed by atoms with Gasteiger partial charge < -0.3 is 9.30 Å². The van der Waals surface area contributed by atoms with Crippen molar-refractivity contribution in [3.05, 3.63) is 83.2 Å². The van der Waals surface area contributed by atoms with Gasteiger partial charge in [0, 0.05) is 36.8 Å². The van der Waals surface area contributed by atoms with Gasteiger partial charge in [-0.05, 0) is 49.4 Å². The maximum atomic E-state index is 12.9. The second-order valence-corrected chi connectivity index (χ2v) is 10.6. The predicted molar refractivity (Wildman–Crippen MR) is 137 cm³/mol. The van der Waals surface area contributed by atoms with Crippen molar-refractivity contribution in [2.24, 2.45) is 4.99 Å². The summed E-state index contributed by atoms with van der Waals surface area (Å²) in [5, 5.41) is 0.599. The van der Waals surface area contributed by atoms with Crippen LogP contribution in [0, 0.1) is 0 Å². The number of amides is 1. The third-order valence-electron chi connectivity index (χ3n) is 4.91. The highest BCUT2D eigenvalue weighted by Crippen LogP contribution is 2.22. The first-order chi connectivity index (χ1) is 16.3. The summed E-state index contributed by atoms with van der Waals surface area (Å²) >= 11 is 7.49. The minimum atomic E-state index is -3.75. The summed E-state index contributed by atoms with van der Waals surface area (Å²) in [6.45, 7) is 11.0. The Bertz CT molecular complexity index is 1350. The first kappa shape index (κ1) is 26.1. The lowest BCUT2D eigenvalue weighted by Gasteiger charge is -2.19. The molecule has 0 radical (unpaired) electrons. The van der Waals surface area contributed by atoms with Crippen molar-refractivity contribution in [2.45, 2.75) is 18.4 Å². The smallest absolute Gasteiger partial charge is 0.279 e. The Hall–Kier alpha value is -2.56. The van der Waals surface area contributed by atoms with Gasteiger partial charge in [-0.1, -0.05) is 35.1 Å². The van der Waals surface area contributed by atoms with E-state index in [-0.39, 0.29) is 23.5 Å². The molecule has 3 rings (SSSR count). The molecule has 7 nitrogen and oxygen atoms in total. The lowest BCUT2D eigenvalue weighted by Crippen LogP contribution is -2.31. The molecule has 1 amide bonds. The fourth-order valence-electron chi connectivity index (χ4n) is 3.28. The average Bonchev–Trinajstić information content (AvgIpc) is 3.15. The van der Waals surface area contributed by atoms with E-state index < -0.39 is 15.9 Å². The van der Waals surface area contributed by atoms with Crippen LogP contribution in [0.25, 0.3) is 10.2 Å². The number of sulfonamides is 1. The molecule has 0 unspecified atom stereocenters. The zero-order chi connectivity index (χ0) is 24.7. The number of fused-ring (bicyclic) bond motifs is 1. The topological polar surface area (TPSA) is 81.0 Å². The molecule has 0 saturated heterocycles. The number of halogens is 1. The van der Waals surface area contributed by atoms with Gasteiger partial charge in [0.25, 0.3) is 5.91 Å². The standard InChI is InChI=1S/C24H26ClN3O4S2/c1-4-13-27(14-5-2)34(30,31)20-10-7-18(8-11-20)23(29)26-24-28(15-16-32-6-3)21-12-9-19(25)17-22(21)33-24/h4-5,7-12,17H,1-2,6,13-16H2,3H3. The number of hydrogen-bond donors (Lipinski definition) is 0. The van der Waals surface area contributed by atoms with Gasteiger partial charge in [-0.2, -0.15) is 9.30 Å². The van der Waals surface area contributed by atoms with Gasteiger partial charge >= 0.3 is 0 Å². The van der Waals surface area contributed by atoms with Gasteiger partial charge in [0.1, 0.15) is 0 Å². The van der Waals surface area contributed by atoms with Crippen LogP contribution in [-0.4, -0.2) is 49.5 Å². The van der Waals surface area contributed by atoms with E-state index in [0.29, 0.717) is 29.6 Å². The highest BCUT2D eigenvalue weighted by atomic mass is 35.5. The Morgan fingerprint density at radius 2 is 1.85 bits per heavy atom. The van der Waals surface area contributed by atoms with Crippen LogP contribution >= 0.6 is 22.9 Å². The molecular formula is C24H26ClN3O4S2. The SMILES string of the molecule is C=CCN(CC=C)S(=O)(=O)c1ccc(C(=O)N=c2sc3cc(Cl)ccc3n2CCOCC)cc1. The molecule has 10 heteroatoms. The van der Waals surface area contributed by atoms with Gasteiger partial charge in [-0.15, -0.1) is 13.2 Å². The molecule has 0 saturated carbocycles. The number of nitrogens with zero attached hydrogens (tertiary/aromatic N) is 3. The van der Waals surface area contributed by atoms with Crippen molar-refractivity contribution >= 4 is 49.1 Å². The molecule has 0 atom stereocenters. The third kappa shape index (κ3) is 5.92. The Labute approximate surface area is 208 Å². The number of benzene rings is 2. The first-order valence-electron chi connectivity index (χ1n) is 10.6. The molecule has 0 N–H and O–H groups in total. The minimum absolute atomic E-state index is 0.0797. The number of carbonyl (C=O) groups excluding carboxylic acids is 1. The van der Waals surface area contributed by atoms with Crippen molar-refractivity contribution < 1.29 is 17.9 Å². The van der Waals surface area contributed by atoms with E-state index in [1.165, 1.54) is 52.1 Å². The third-order valence-corrected chi connectivity index (χ3v) is 8.03. The van der Waals surface area contributed by atoms with Gasteiger partial charge in [0.15, 0.2) is 4.80 Å². The second-order valence-electron chi connectivity index (χ2n) is 7.19. The second kappa shape index (κ2) is 11.7. The van der Waals surface area contributed by atoms with Crippen molar-refractivity contribution in [3.8, 4) is 0 Å². The van der Waals surface area contributed by atoms with E-state index in [1.54, 1.807) is 6.07 Å². The minimum Gasteiger partial charge on any atom is -0.380 e. The number of thiazole rings is 1. The Morgan fingerprint density at radius 1 is 1.18 bits per heavy atom. The molecule has 180 valence electrons. The van der Waals surface area contributed by atoms with Gasteiger partial charge in [-0.3, -0.25) is 4.79 Å². The quantitative estimate of drug-likeness (QED) is 0.276. The first-order valence-corrected chi connectivity index (χ1v) is 13.2. The largest absolute Gasteiger partial charge is 0.380 e. The molecule has 0 aliphatic rings. The van der Waals surface area contributed by atoms with Crippen molar-refractivity contribution in [2.75, 3.05) is 26.3 Å². The zero-order valence-corrected chi connectivity index (χ0v) is 21.2. The summed E-state index contributed by atoms with van der Waals surface area (Å²) < 4.78 is 35.3. The van der Waals surface area contributed by atoms with Crippen molar-refractivity contribution in [3.63, 3.8) is 0 Å². The Kier molecular flexibility index (Phi) is 8.98. The zero-order valence-electron chi connectivity index (χ0n) is 18.8. The van der Waals surface area contributed by atoms with Gasteiger partial charge in [-0.25, -0.2) is 8.42 Å². The van der Waals surface area contributed by atoms with Crippen LogP contribution in [0.4, 0.5) is 0 Å². The van der Waals surface area contributed by atoms with Crippen LogP contribution in [0.2, 0.25) is 5.02 Å².